The lowest BCUT2D eigenvalue weighted by atomic mass is 9.96. The standard InChI is InChI=1S/C23H35N5O3/c1-17-8-5-13-24-21(17)27-22(30)18-9-7-15-28(16-18)20(29)12-6-14-25-23(31)26-19-10-3-2-4-11-19/h5,8,13,18-19H,2-4,6-7,9-12,14-16H2,1H3,(H,24,27,30)(H2,25,26,31). The molecule has 0 bridgehead atoms. The molecule has 170 valence electrons. The first-order valence-corrected chi connectivity index (χ1v) is 11.6. The van der Waals surface area contributed by atoms with Gasteiger partial charge in [-0.05, 0) is 50.7 Å². The van der Waals surface area contributed by atoms with Crippen molar-refractivity contribution in [3.8, 4) is 0 Å². The number of nitrogens with one attached hydrogen (secondary N) is 3. The molecule has 2 heterocycles. The molecule has 2 aliphatic rings. The van der Waals surface area contributed by atoms with Gasteiger partial charge in [-0.15, -0.1) is 0 Å². The van der Waals surface area contributed by atoms with Gasteiger partial charge in [-0.2, -0.15) is 0 Å². The average Bonchev–Trinajstić information content (AvgIpc) is 2.79. The number of urea groups is 1. The first-order valence-electron chi connectivity index (χ1n) is 11.6. The lowest BCUT2D eigenvalue weighted by Crippen LogP contribution is -2.44. The van der Waals surface area contributed by atoms with Crippen LogP contribution in [0.3, 0.4) is 0 Å². The average molecular weight is 430 g/mol. The van der Waals surface area contributed by atoms with Crippen molar-refractivity contribution >= 4 is 23.7 Å². The first kappa shape index (κ1) is 23.0. The second-order valence-corrected chi connectivity index (χ2v) is 8.68. The van der Waals surface area contributed by atoms with Crippen molar-refractivity contribution in [1.82, 2.24) is 20.5 Å². The molecule has 3 N–H and O–H groups in total. The van der Waals surface area contributed by atoms with E-state index in [-0.39, 0.29) is 29.8 Å². The summed E-state index contributed by atoms with van der Waals surface area (Å²) >= 11 is 0. The van der Waals surface area contributed by atoms with Crippen LogP contribution in [0.5, 0.6) is 0 Å². The monoisotopic (exact) mass is 429 g/mol. The number of aromatic nitrogens is 1. The summed E-state index contributed by atoms with van der Waals surface area (Å²) in [6.45, 7) is 3.50. The van der Waals surface area contributed by atoms with Gasteiger partial charge in [0.25, 0.3) is 0 Å². The highest BCUT2D eigenvalue weighted by Gasteiger charge is 2.28. The number of carbonyl (C=O) groups excluding carboxylic acids is 3. The molecule has 4 amide bonds. The first-order chi connectivity index (χ1) is 15.0. The molecule has 1 saturated heterocycles. The Morgan fingerprint density at radius 1 is 1.13 bits per heavy atom. The van der Waals surface area contributed by atoms with Crippen LogP contribution >= 0.6 is 0 Å². The maximum atomic E-state index is 12.6. The van der Waals surface area contributed by atoms with Gasteiger partial charge >= 0.3 is 6.03 Å². The second-order valence-electron chi connectivity index (χ2n) is 8.68. The van der Waals surface area contributed by atoms with Gasteiger partial charge in [-0.3, -0.25) is 9.59 Å². The van der Waals surface area contributed by atoms with Crippen LogP contribution in [0.4, 0.5) is 10.6 Å². The third-order valence-corrected chi connectivity index (χ3v) is 6.19. The number of hydrogen-bond acceptors (Lipinski definition) is 4. The van der Waals surface area contributed by atoms with Gasteiger partial charge in [0.2, 0.25) is 11.8 Å². The number of rotatable bonds is 7. The Labute approximate surface area is 184 Å². The van der Waals surface area contributed by atoms with E-state index in [1.54, 1.807) is 11.1 Å². The summed E-state index contributed by atoms with van der Waals surface area (Å²) in [6, 6.07) is 3.88. The molecule has 1 aliphatic heterocycles. The van der Waals surface area contributed by atoms with Crippen LogP contribution in [0.15, 0.2) is 18.3 Å². The Morgan fingerprint density at radius 3 is 2.71 bits per heavy atom. The Bertz CT molecular complexity index is 763. The van der Waals surface area contributed by atoms with Crippen molar-refractivity contribution in [3.63, 3.8) is 0 Å². The molecule has 1 atom stereocenters. The molecular weight excluding hydrogens is 394 g/mol. The molecule has 1 saturated carbocycles. The molecule has 1 aromatic heterocycles. The zero-order valence-corrected chi connectivity index (χ0v) is 18.5. The molecule has 0 radical (unpaired) electrons. The number of hydrogen-bond donors (Lipinski definition) is 3. The quantitative estimate of drug-likeness (QED) is 0.580. The second kappa shape index (κ2) is 11.7. The zero-order chi connectivity index (χ0) is 22.1. The fourth-order valence-electron chi connectivity index (χ4n) is 4.34. The molecule has 1 aromatic rings. The Balaban J connectivity index is 1.35. The van der Waals surface area contributed by atoms with Crippen molar-refractivity contribution in [2.75, 3.05) is 25.0 Å². The minimum Gasteiger partial charge on any atom is -0.342 e. The van der Waals surface area contributed by atoms with Crippen molar-refractivity contribution in [1.29, 1.82) is 0 Å². The summed E-state index contributed by atoms with van der Waals surface area (Å²) in [6.07, 6.45) is 9.91. The summed E-state index contributed by atoms with van der Waals surface area (Å²) < 4.78 is 0. The predicted molar refractivity (Wildman–Crippen MR) is 120 cm³/mol. The van der Waals surface area contributed by atoms with Crippen LogP contribution in [0, 0.1) is 12.8 Å². The van der Waals surface area contributed by atoms with E-state index in [1.807, 2.05) is 19.1 Å². The molecule has 8 heteroatoms. The maximum Gasteiger partial charge on any atom is 0.315 e. The Kier molecular flexibility index (Phi) is 8.67. The molecule has 3 rings (SSSR count). The lowest BCUT2D eigenvalue weighted by Gasteiger charge is -2.32. The normalized spacial score (nSPS) is 19.5. The molecular formula is C23H35N5O3. The number of anilines is 1. The number of carbonyl (C=O) groups is 3. The molecule has 1 aliphatic carbocycles. The zero-order valence-electron chi connectivity index (χ0n) is 18.5. The van der Waals surface area contributed by atoms with Gasteiger partial charge in [0.15, 0.2) is 0 Å². The lowest BCUT2D eigenvalue weighted by molar-refractivity contribution is -0.134. The summed E-state index contributed by atoms with van der Waals surface area (Å²) in [5.41, 5.74) is 0.916. The highest BCUT2D eigenvalue weighted by atomic mass is 16.2. The van der Waals surface area contributed by atoms with E-state index in [0.717, 1.165) is 31.2 Å². The van der Waals surface area contributed by atoms with E-state index in [0.29, 0.717) is 38.3 Å². The largest absolute Gasteiger partial charge is 0.342 e. The molecule has 31 heavy (non-hydrogen) atoms. The fraction of sp³-hybridized carbons (Fsp3) is 0.652. The molecule has 0 aromatic carbocycles. The Hall–Kier alpha value is -2.64. The van der Waals surface area contributed by atoms with Gasteiger partial charge in [0, 0.05) is 38.3 Å². The van der Waals surface area contributed by atoms with Crippen LogP contribution < -0.4 is 16.0 Å². The minimum atomic E-state index is -0.224. The van der Waals surface area contributed by atoms with Gasteiger partial charge in [-0.1, -0.05) is 25.3 Å². The molecule has 1 unspecified atom stereocenters. The smallest absolute Gasteiger partial charge is 0.315 e. The summed E-state index contributed by atoms with van der Waals surface area (Å²) in [4.78, 5) is 43.2. The topological polar surface area (TPSA) is 103 Å². The number of aryl methyl sites for hydroxylation is 1. The van der Waals surface area contributed by atoms with Gasteiger partial charge in [0.1, 0.15) is 5.82 Å². The number of pyridine rings is 1. The van der Waals surface area contributed by atoms with E-state index < -0.39 is 0 Å². The van der Waals surface area contributed by atoms with Crippen molar-refractivity contribution in [2.24, 2.45) is 5.92 Å². The van der Waals surface area contributed by atoms with Crippen LogP contribution in [0.2, 0.25) is 0 Å². The Morgan fingerprint density at radius 2 is 1.94 bits per heavy atom. The van der Waals surface area contributed by atoms with Gasteiger partial charge in [0.05, 0.1) is 5.92 Å². The van der Waals surface area contributed by atoms with Crippen molar-refractivity contribution in [2.45, 2.75) is 70.8 Å². The van der Waals surface area contributed by atoms with E-state index in [9.17, 15) is 14.4 Å². The van der Waals surface area contributed by atoms with E-state index in [4.69, 9.17) is 0 Å². The number of piperidine rings is 1. The highest BCUT2D eigenvalue weighted by molar-refractivity contribution is 5.93. The highest BCUT2D eigenvalue weighted by Crippen LogP contribution is 2.20. The summed E-state index contributed by atoms with van der Waals surface area (Å²) in [7, 11) is 0. The van der Waals surface area contributed by atoms with E-state index in [1.165, 1.54) is 19.3 Å². The summed E-state index contributed by atoms with van der Waals surface area (Å²) in [5, 5.41) is 8.77. The third kappa shape index (κ3) is 7.22. The minimum absolute atomic E-state index is 0.0426. The van der Waals surface area contributed by atoms with Crippen LogP contribution in [-0.2, 0) is 9.59 Å². The van der Waals surface area contributed by atoms with E-state index in [2.05, 4.69) is 20.9 Å². The van der Waals surface area contributed by atoms with Crippen molar-refractivity contribution < 1.29 is 14.4 Å². The maximum absolute atomic E-state index is 12.6. The number of nitrogens with zero attached hydrogens (tertiary/aromatic N) is 2. The van der Waals surface area contributed by atoms with Gasteiger partial charge < -0.3 is 20.9 Å². The predicted octanol–water partition coefficient (Wildman–Crippen LogP) is 2.98. The SMILES string of the molecule is Cc1cccnc1NC(=O)C1CCCN(C(=O)CCCNC(=O)NC2CCCCC2)C1. The van der Waals surface area contributed by atoms with E-state index >= 15 is 0 Å². The van der Waals surface area contributed by atoms with Crippen molar-refractivity contribution in [3.05, 3.63) is 23.9 Å². The molecule has 0 spiro atoms. The number of amides is 4. The molecule has 8 nitrogen and oxygen atoms in total. The van der Waals surface area contributed by atoms with Gasteiger partial charge in [-0.25, -0.2) is 9.78 Å². The van der Waals surface area contributed by atoms with Crippen LogP contribution in [0.1, 0.15) is 63.4 Å². The third-order valence-electron chi connectivity index (χ3n) is 6.19. The van der Waals surface area contributed by atoms with Crippen LogP contribution in [0.25, 0.3) is 0 Å². The fourth-order valence-corrected chi connectivity index (χ4v) is 4.34. The van der Waals surface area contributed by atoms with Crippen LogP contribution in [-0.4, -0.2) is 53.4 Å². The molecule has 2 fully saturated rings. The summed E-state index contributed by atoms with van der Waals surface area (Å²) in [5.74, 6) is 0.313. The number of likely N-dealkylation sites (tertiary alicyclic amines) is 1.